The van der Waals surface area contributed by atoms with Crippen molar-refractivity contribution in [1.82, 2.24) is 9.80 Å². The number of anilines is 1. The summed E-state index contributed by atoms with van der Waals surface area (Å²) in [4.78, 5) is 17.7. The molecule has 0 saturated carbocycles. The van der Waals surface area contributed by atoms with Gasteiger partial charge in [-0.05, 0) is 70.9 Å². The average Bonchev–Trinajstić information content (AvgIpc) is 3.03. The van der Waals surface area contributed by atoms with Crippen LogP contribution in [-0.2, 0) is 16.6 Å². The molecule has 0 aliphatic carbocycles. The molecule has 1 fully saturated rings. The van der Waals surface area contributed by atoms with E-state index in [1.165, 1.54) is 40.6 Å². The second-order valence-electron chi connectivity index (χ2n) is 10.5. The number of carbonyl (C=O) groups excluding carboxylic acids is 1. The van der Waals surface area contributed by atoms with Crippen LogP contribution in [0.3, 0.4) is 0 Å². The van der Waals surface area contributed by atoms with Crippen LogP contribution in [0.25, 0.3) is 10.8 Å². The molecule has 10 heteroatoms. The molecule has 1 N–H and O–H groups in total. The largest absolute Gasteiger partial charge is 0.456 e. The normalized spacial score (nSPS) is 14.0. The third-order valence-corrected chi connectivity index (χ3v) is 9.52. The Morgan fingerprint density at radius 3 is 2.27 bits per heavy atom. The van der Waals surface area contributed by atoms with Gasteiger partial charge in [0.25, 0.3) is 15.9 Å². The fourth-order valence-electron chi connectivity index (χ4n) is 5.28. The molecular formula is C34H29Cl2N3O4S. The number of carbonyl (C=O) groups is 1. The molecule has 1 amide bonds. The highest BCUT2D eigenvalue weighted by Gasteiger charge is 2.26. The minimum Gasteiger partial charge on any atom is -0.456 e. The molecule has 44 heavy (non-hydrogen) atoms. The molecule has 1 aliphatic rings. The summed E-state index contributed by atoms with van der Waals surface area (Å²) in [5.74, 6) is 0.610. The van der Waals surface area contributed by atoms with Crippen LogP contribution in [0.4, 0.5) is 5.69 Å². The Labute approximate surface area is 266 Å². The van der Waals surface area contributed by atoms with Crippen LogP contribution in [0.5, 0.6) is 11.5 Å². The summed E-state index contributed by atoms with van der Waals surface area (Å²) in [5.41, 5.74) is 1.61. The maximum atomic E-state index is 13.7. The van der Waals surface area contributed by atoms with E-state index in [4.69, 9.17) is 27.9 Å². The van der Waals surface area contributed by atoms with Crippen LogP contribution in [0, 0.1) is 0 Å². The van der Waals surface area contributed by atoms with Gasteiger partial charge in [-0.15, -0.1) is 0 Å². The van der Waals surface area contributed by atoms with Gasteiger partial charge in [0.2, 0.25) is 0 Å². The molecule has 5 aromatic rings. The first kappa shape index (κ1) is 30.0. The molecule has 7 nitrogen and oxygen atoms in total. The van der Waals surface area contributed by atoms with Gasteiger partial charge in [0, 0.05) is 37.7 Å². The second-order valence-corrected chi connectivity index (χ2v) is 13.0. The lowest BCUT2D eigenvalue weighted by Gasteiger charge is -2.35. The third kappa shape index (κ3) is 6.69. The number of rotatable bonds is 8. The highest BCUT2D eigenvalue weighted by Crippen LogP contribution is 2.31. The van der Waals surface area contributed by atoms with E-state index in [9.17, 15) is 13.2 Å². The highest BCUT2D eigenvalue weighted by atomic mass is 35.5. The first-order chi connectivity index (χ1) is 21.3. The number of benzene rings is 5. The summed E-state index contributed by atoms with van der Waals surface area (Å²) in [7, 11) is -4.03. The number of sulfonamides is 1. The summed E-state index contributed by atoms with van der Waals surface area (Å²) >= 11 is 12.4. The van der Waals surface area contributed by atoms with E-state index in [0.717, 1.165) is 6.54 Å². The van der Waals surface area contributed by atoms with Crippen LogP contribution in [-0.4, -0.2) is 50.3 Å². The van der Waals surface area contributed by atoms with Gasteiger partial charge in [0.1, 0.15) is 11.5 Å². The molecule has 0 spiro atoms. The van der Waals surface area contributed by atoms with Crippen LogP contribution < -0.4 is 9.46 Å². The van der Waals surface area contributed by atoms with Crippen molar-refractivity contribution in [2.75, 3.05) is 30.9 Å². The minimum absolute atomic E-state index is 0.0133. The molecule has 1 aliphatic heterocycles. The van der Waals surface area contributed by atoms with Crippen molar-refractivity contribution in [2.45, 2.75) is 11.4 Å². The molecule has 6 rings (SSSR count). The van der Waals surface area contributed by atoms with Gasteiger partial charge in [0.05, 0.1) is 21.2 Å². The number of nitrogens with zero attached hydrogens (tertiary/aromatic N) is 2. The highest BCUT2D eigenvalue weighted by molar-refractivity contribution is 7.92. The van der Waals surface area contributed by atoms with E-state index in [-0.39, 0.29) is 22.1 Å². The summed E-state index contributed by atoms with van der Waals surface area (Å²) < 4.78 is 35.0. The van der Waals surface area contributed by atoms with E-state index < -0.39 is 10.0 Å². The fraction of sp³-hybridized carbons (Fsp3) is 0.147. The predicted molar refractivity (Wildman–Crippen MR) is 175 cm³/mol. The number of amides is 1. The summed E-state index contributed by atoms with van der Waals surface area (Å²) in [5, 5.41) is 3.22. The Bertz CT molecular complexity index is 1920. The third-order valence-electron chi connectivity index (χ3n) is 7.59. The van der Waals surface area contributed by atoms with E-state index in [1.807, 2.05) is 12.1 Å². The average molecular weight is 647 g/mol. The first-order valence-corrected chi connectivity index (χ1v) is 16.3. The summed E-state index contributed by atoms with van der Waals surface area (Å²) in [6.07, 6.45) is 0. The van der Waals surface area contributed by atoms with Crippen molar-refractivity contribution in [3.05, 3.63) is 130 Å². The molecule has 0 bridgehead atoms. The standard InChI is InChI=1S/C34H29Cl2N3O4S/c35-26-12-17-32(37-44(41,42)28-15-13-27(14-16-28)43-33-11-4-3-10-31(33)36)30(22-26)34(40)39-20-18-38(19-21-39)23-25-8-5-7-24-6-1-2-9-29(24)25/h1-17,22,37H,18-21,23H2. The number of hydrogen-bond acceptors (Lipinski definition) is 5. The Balaban J connectivity index is 1.13. The molecule has 1 saturated heterocycles. The lowest BCUT2D eigenvalue weighted by molar-refractivity contribution is 0.0630. The second kappa shape index (κ2) is 12.9. The molecule has 224 valence electrons. The smallest absolute Gasteiger partial charge is 0.261 e. The SMILES string of the molecule is O=C(c1cc(Cl)ccc1NS(=O)(=O)c1ccc(Oc2ccccc2Cl)cc1)N1CCN(Cc2cccc3ccccc23)CC1. The van der Waals surface area contributed by atoms with Gasteiger partial charge >= 0.3 is 0 Å². The van der Waals surface area contributed by atoms with Crippen LogP contribution in [0.2, 0.25) is 10.0 Å². The van der Waals surface area contributed by atoms with E-state index >= 15 is 0 Å². The molecule has 0 radical (unpaired) electrons. The monoisotopic (exact) mass is 645 g/mol. The number of ether oxygens (including phenoxy) is 1. The van der Waals surface area contributed by atoms with Gasteiger partial charge in [-0.3, -0.25) is 14.4 Å². The van der Waals surface area contributed by atoms with Gasteiger partial charge < -0.3 is 9.64 Å². The number of piperazine rings is 1. The molecule has 5 aromatic carbocycles. The molecule has 0 unspecified atom stereocenters. The predicted octanol–water partition coefficient (Wildman–Crippen LogP) is 7.70. The van der Waals surface area contributed by atoms with Crippen molar-refractivity contribution >= 4 is 55.6 Å². The maximum Gasteiger partial charge on any atom is 0.261 e. The molecule has 0 atom stereocenters. The number of nitrogens with one attached hydrogen (secondary N) is 1. The zero-order valence-corrected chi connectivity index (χ0v) is 25.9. The minimum atomic E-state index is -4.03. The van der Waals surface area contributed by atoms with Crippen LogP contribution >= 0.6 is 23.2 Å². The zero-order valence-electron chi connectivity index (χ0n) is 23.6. The van der Waals surface area contributed by atoms with Crippen molar-refractivity contribution in [2.24, 2.45) is 0 Å². The van der Waals surface area contributed by atoms with Crippen molar-refractivity contribution < 1.29 is 17.9 Å². The van der Waals surface area contributed by atoms with Crippen LogP contribution in [0.1, 0.15) is 15.9 Å². The van der Waals surface area contributed by atoms with E-state index in [0.29, 0.717) is 47.7 Å². The van der Waals surface area contributed by atoms with Crippen molar-refractivity contribution in [3.63, 3.8) is 0 Å². The van der Waals surface area contributed by atoms with Crippen molar-refractivity contribution in [1.29, 1.82) is 0 Å². The molecule has 0 aromatic heterocycles. The Kier molecular flexibility index (Phi) is 8.77. The van der Waals surface area contributed by atoms with Gasteiger partial charge in [-0.25, -0.2) is 8.42 Å². The fourth-order valence-corrected chi connectivity index (χ4v) is 6.70. The van der Waals surface area contributed by atoms with Crippen LogP contribution in [0.15, 0.2) is 114 Å². The molecular weight excluding hydrogens is 617 g/mol. The van der Waals surface area contributed by atoms with Gasteiger partial charge in [-0.2, -0.15) is 0 Å². The van der Waals surface area contributed by atoms with E-state index in [1.54, 1.807) is 47.4 Å². The van der Waals surface area contributed by atoms with E-state index in [2.05, 4.69) is 40.0 Å². The topological polar surface area (TPSA) is 78.9 Å². The Hall–Kier alpha value is -4.08. The first-order valence-electron chi connectivity index (χ1n) is 14.1. The van der Waals surface area contributed by atoms with Crippen molar-refractivity contribution in [3.8, 4) is 11.5 Å². The molecule has 1 heterocycles. The van der Waals surface area contributed by atoms with Gasteiger partial charge in [-0.1, -0.05) is 77.8 Å². The summed E-state index contributed by atoms with van der Waals surface area (Å²) in [6.45, 7) is 3.19. The number of halogens is 2. The number of fused-ring (bicyclic) bond motifs is 1. The number of hydrogen-bond donors (Lipinski definition) is 1. The van der Waals surface area contributed by atoms with Gasteiger partial charge in [0.15, 0.2) is 0 Å². The quantitative estimate of drug-likeness (QED) is 0.187. The maximum absolute atomic E-state index is 13.7. The lowest BCUT2D eigenvalue weighted by atomic mass is 10.0. The Morgan fingerprint density at radius 1 is 0.795 bits per heavy atom. The lowest BCUT2D eigenvalue weighted by Crippen LogP contribution is -2.48. The Morgan fingerprint density at radius 2 is 1.50 bits per heavy atom. The number of para-hydroxylation sites is 1. The zero-order chi connectivity index (χ0) is 30.7. The summed E-state index contributed by atoms with van der Waals surface area (Å²) in [6, 6.07) is 32.2.